The van der Waals surface area contributed by atoms with Crippen LogP contribution in [0.15, 0.2) is 12.4 Å². The Hall–Kier alpha value is -2.05. The molecule has 7 nitrogen and oxygen atoms in total. The van der Waals surface area contributed by atoms with E-state index in [1.165, 1.54) is 6.92 Å². The van der Waals surface area contributed by atoms with Crippen molar-refractivity contribution < 1.29 is 14.3 Å². The molecule has 2 atom stereocenters. The molecule has 0 spiro atoms. The van der Waals surface area contributed by atoms with Crippen LogP contribution in [0.2, 0.25) is 0 Å². The average molecular weight is 320 g/mol. The Morgan fingerprint density at radius 2 is 2.17 bits per heavy atom. The van der Waals surface area contributed by atoms with E-state index in [1.54, 1.807) is 11.1 Å². The highest BCUT2D eigenvalue weighted by Crippen LogP contribution is 2.25. The minimum absolute atomic E-state index is 0.00237. The fraction of sp³-hybridized carbons (Fsp3) is 0.688. The quantitative estimate of drug-likeness (QED) is 0.870. The average Bonchev–Trinajstić information content (AvgIpc) is 3.07. The van der Waals surface area contributed by atoms with E-state index in [4.69, 9.17) is 4.74 Å². The van der Waals surface area contributed by atoms with Crippen molar-refractivity contribution in [2.45, 2.75) is 51.8 Å². The zero-order valence-electron chi connectivity index (χ0n) is 13.7. The Labute approximate surface area is 136 Å². The molecule has 0 radical (unpaired) electrons. The van der Waals surface area contributed by atoms with Gasteiger partial charge < -0.3 is 15.0 Å². The van der Waals surface area contributed by atoms with Gasteiger partial charge in [-0.15, -0.1) is 0 Å². The summed E-state index contributed by atoms with van der Waals surface area (Å²) < 4.78 is 7.82. The van der Waals surface area contributed by atoms with Gasteiger partial charge in [-0.05, 0) is 26.2 Å². The lowest BCUT2D eigenvalue weighted by Gasteiger charge is -2.38. The summed E-state index contributed by atoms with van der Waals surface area (Å²) in [5, 5.41) is 7.31. The van der Waals surface area contributed by atoms with E-state index < -0.39 is 0 Å². The van der Waals surface area contributed by atoms with Crippen molar-refractivity contribution in [2.75, 3.05) is 13.1 Å². The molecule has 0 aromatic carbocycles. The SMILES string of the molecule is CCn1cc(O[C@@H]2CCC[C@@H]2NC(=O)C2CN(C(C)=O)C2)cn1. The van der Waals surface area contributed by atoms with Crippen LogP contribution in [0, 0.1) is 5.92 Å². The van der Waals surface area contributed by atoms with E-state index in [0.29, 0.717) is 13.1 Å². The van der Waals surface area contributed by atoms with Crippen LogP contribution in [0.5, 0.6) is 5.75 Å². The first-order valence-electron chi connectivity index (χ1n) is 8.31. The first-order chi connectivity index (χ1) is 11.1. The number of likely N-dealkylation sites (tertiary alicyclic amines) is 1. The third-order valence-electron chi connectivity index (χ3n) is 4.70. The molecule has 2 aliphatic rings. The van der Waals surface area contributed by atoms with Gasteiger partial charge in [0.15, 0.2) is 5.75 Å². The van der Waals surface area contributed by atoms with Crippen LogP contribution in [-0.2, 0) is 16.1 Å². The van der Waals surface area contributed by atoms with Gasteiger partial charge in [0.05, 0.1) is 24.4 Å². The van der Waals surface area contributed by atoms with Crippen molar-refractivity contribution in [3.8, 4) is 5.75 Å². The second-order valence-corrected chi connectivity index (χ2v) is 6.35. The molecular weight excluding hydrogens is 296 g/mol. The number of ether oxygens (including phenoxy) is 1. The normalized spacial score (nSPS) is 24.3. The molecule has 1 N–H and O–H groups in total. The third-order valence-corrected chi connectivity index (χ3v) is 4.70. The number of aromatic nitrogens is 2. The van der Waals surface area contributed by atoms with E-state index in [1.807, 2.05) is 17.8 Å². The topological polar surface area (TPSA) is 76.5 Å². The fourth-order valence-electron chi connectivity index (χ4n) is 3.19. The highest BCUT2D eigenvalue weighted by Gasteiger charge is 2.37. The zero-order valence-corrected chi connectivity index (χ0v) is 13.7. The van der Waals surface area contributed by atoms with E-state index in [0.717, 1.165) is 31.6 Å². The Bertz CT molecular complexity index is 580. The predicted octanol–water partition coefficient (Wildman–Crippen LogP) is 0.797. The number of nitrogens with zero attached hydrogens (tertiary/aromatic N) is 3. The molecule has 126 valence electrons. The molecule has 1 aliphatic heterocycles. The van der Waals surface area contributed by atoms with Gasteiger partial charge in [0.1, 0.15) is 6.10 Å². The zero-order chi connectivity index (χ0) is 16.4. The van der Waals surface area contributed by atoms with Crippen molar-refractivity contribution >= 4 is 11.8 Å². The standard InChI is InChI=1S/C16H24N4O3/c1-3-20-10-13(7-17-20)23-15-6-4-5-14(15)18-16(22)12-8-19(9-12)11(2)21/h7,10,12,14-15H,3-6,8-9H2,1-2H3,(H,18,22)/t14-,15+/m0/s1. The lowest BCUT2D eigenvalue weighted by atomic mass is 9.98. The van der Waals surface area contributed by atoms with E-state index in [2.05, 4.69) is 10.4 Å². The summed E-state index contributed by atoms with van der Waals surface area (Å²) in [5.41, 5.74) is 0. The molecule has 1 saturated carbocycles. The summed E-state index contributed by atoms with van der Waals surface area (Å²) in [7, 11) is 0. The molecule has 0 bridgehead atoms. The summed E-state index contributed by atoms with van der Waals surface area (Å²) in [5.74, 6) is 0.740. The predicted molar refractivity (Wildman–Crippen MR) is 83.8 cm³/mol. The summed E-state index contributed by atoms with van der Waals surface area (Å²) in [6.45, 7) is 5.43. The van der Waals surface area contributed by atoms with Crippen LogP contribution in [-0.4, -0.2) is 51.7 Å². The second kappa shape index (κ2) is 6.60. The van der Waals surface area contributed by atoms with Crippen molar-refractivity contribution in [1.29, 1.82) is 0 Å². The number of hydrogen-bond donors (Lipinski definition) is 1. The number of nitrogens with one attached hydrogen (secondary N) is 1. The summed E-state index contributed by atoms with van der Waals surface area (Å²) in [4.78, 5) is 25.2. The maximum atomic E-state index is 12.3. The van der Waals surface area contributed by atoms with Crippen LogP contribution in [0.1, 0.15) is 33.1 Å². The Balaban J connectivity index is 1.51. The highest BCUT2D eigenvalue weighted by atomic mass is 16.5. The molecule has 2 fully saturated rings. The first-order valence-corrected chi connectivity index (χ1v) is 8.31. The van der Waals surface area contributed by atoms with Crippen molar-refractivity contribution in [2.24, 2.45) is 5.92 Å². The van der Waals surface area contributed by atoms with Gasteiger partial charge in [0, 0.05) is 26.6 Å². The number of hydrogen-bond acceptors (Lipinski definition) is 4. The van der Waals surface area contributed by atoms with E-state index >= 15 is 0 Å². The van der Waals surface area contributed by atoms with Crippen LogP contribution in [0.4, 0.5) is 0 Å². The van der Waals surface area contributed by atoms with Crippen molar-refractivity contribution in [3.05, 3.63) is 12.4 Å². The number of rotatable bonds is 5. The van der Waals surface area contributed by atoms with Crippen LogP contribution < -0.4 is 10.1 Å². The minimum Gasteiger partial charge on any atom is -0.485 e. The molecule has 2 heterocycles. The molecule has 0 unspecified atom stereocenters. The van der Waals surface area contributed by atoms with Crippen molar-refractivity contribution in [3.63, 3.8) is 0 Å². The number of amides is 2. The fourth-order valence-corrected chi connectivity index (χ4v) is 3.19. The first kappa shape index (κ1) is 15.8. The van der Waals surface area contributed by atoms with Crippen LogP contribution >= 0.6 is 0 Å². The molecule has 2 amide bonds. The largest absolute Gasteiger partial charge is 0.485 e. The number of carbonyl (C=O) groups excluding carboxylic acids is 2. The minimum atomic E-state index is -0.0806. The maximum absolute atomic E-state index is 12.3. The van der Waals surface area contributed by atoms with Gasteiger partial charge in [0.25, 0.3) is 0 Å². The Morgan fingerprint density at radius 1 is 1.39 bits per heavy atom. The van der Waals surface area contributed by atoms with E-state index in [9.17, 15) is 9.59 Å². The Kier molecular flexibility index (Phi) is 4.54. The van der Waals surface area contributed by atoms with Gasteiger partial charge in [-0.1, -0.05) is 0 Å². The summed E-state index contributed by atoms with van der Waals surface area (Å²) >= 11 is 0. The second-order valence-electron chi connectivity index (χ2n) is 6.35. The monoisotopic (exact) mass is 320 g/mol. The molecule has 1 saturated heterocycles. The molecule has 1 aliphatic carbocycles. The highest BCUT2D eigenvalue weighted by molar-refractivity contribution is 5.83. The van der Waals surface area contributed by atoms with Gasteiger partial charge in [-0.3, -0.25) is 14.3 Å². The van der Waals surface area contributed by atoms with Crippen molar-refractivity contribution in [1.82, 2.24) is 20.0 Å². The molecule has 3 rings (SSSR count). The van der Waals surface area contributed by atoms with Gasteiger partial charge in [-0.25, -0.2) is 0 Å². The van der Waals surface area contributed by atoms with Crippen LogP contribution in [0.3, 0.4) is 0 Å². The summed E-state index contributed by atoms with van der Waals surface area (Å²) in [6, 6.07) is 0.0406. The van der Waals surface area contributed by atoms with Crippen LogP contribution in [0.25, 0.3) is 0 Å². The molecule has 1 aromatic heterocycles. The third kappa shape index (κ3) is 3.48. The Morgan fingerprint density at radius 3 is 2.83 bits per heavy atom. The molecular formula is C16H24N4O3. The maximum Gasteiger partial charge on any atom is 0.227 e. The van der Waals surface area contributed by atoms with Gasteiger partial charge in [-0.2, -0.15) is 5.10 Å². The van der Waals surface area contributed by atoms with Gasteiger partial charge >= 0.3 is 0 Å². The lowest BCUT2D eigenvalue weighted by Crippen LogP contribution is -2.57. The lowest BCUT2D eigenvalue weighted by molar-refractivity contribution is -0.141. The smallest absolute Gasteiger partial charge is 0.227 e. The van der Waals surface area contributed by atoms with E-state index in [-0.39, 0.29) is 29.9 Å². The number of carbonyl (C=O) groups is 2. The number of aryl methyl sites for hydroxylation is 1. The molecule has 1 aromatic rings. The molecule has 23 heavy (non-hydrogen) atoms. The van der Waals surface area contributed by atoms with Gasteiger partial charge in [0.2, 0.25) is 11.8 Å². The summed E-state index contributed by atoms with van der Waals surface area (Å²) in [6.07, 6.45) is 6.51. The molecule has 7 heteroatoms.